The summed E-state index contributed by atoms with van der Waals surface area (Å²) in [6.07, 6.45) is 2.57. The largest absolute Gasteiger partial charge is 0.321 e. The summed E-state index contributed by atoms with van der Waals surface area (Å²) in [6.45, 7) is 0.746. The van der Waals surface area contributed by atoms with Crippen LogP contribution in [0.4, 0.5) is 11.4 Å². The molecule has 0 saturated carbocycles. The van der Waals surface area contributed by atoms with E-state index in [4.69, 9.17) is 0 Å². The molecule has 0 unspecified atom stereocenters. The van der Waals surface area contributed by atoms with Crippen LogP contribution in [0.15, 0.2) is 51.4 Å². The Kier molecular flexibility index (Phi) is 5.36. The van der Waals surface area contributed by atoms with Crippen LogP contribution < -0.4 is 10.2 Å². The Hall–Kier alpha value is -1.66. The van der Waals surface area contributed by atoms with Crippen molar-refractivity contribution in [3.63, 3.8) is 0 Å². The third kappa shape index (κ3) is 3.87. The van der Waals surface area contributed by atoms with Gasteiger partial charge in [-0.2, -0.15) is 0 Å². The smallest absolute Gasteiger partial charge is 0.255 e. The fourth-order valence-corrected chi connectivity index (χ4v) is 3.80. The normalized spacial score (nSPS) is 14.6. The number of amides is 2. The van der Waals surface area contributed by atoms with Crippen molar-refractivity contribution >= 4 is 55.0 Å². The molecule has 1 heterocycles. The average Bonchev–Trinajstić information content (AvgIpc) is 2.58. The van der Waals surface area contributed by atoms with Crippen LogP contribution in [0.3, 0.4) is 0 Å². The van der Waals surface area contributed by atoms with Gasteiger partial charge in [0.25, 0.3) is 5.91 Å². The molecule has 0 bridgehead atoms. The molecule has 1 saturated heterocycles. The highest BCUT2D eigenvalue weighted by atomic mass is 79.9. The Morgan fingerprint density at radius 3 is 2.46 bits per heavy atom. The van der Waals surface area contributed by atoms with Crippen LogP contribution in [0, 0.1) is 0 Å². The number of hydrogen-bond acceptors (Lipinski definition) is 2. The van der Waals surface area contributed by atoms with E-state index in [2.05, 4.69) is 37.2 Å². The topological polar surface area (TPSA) is 49.4 Å². The summed E-state index contributed by atoms with van der Waals surface area (Å²) in [7, 11) is 0. The molecule has 2 amide bonds. The zero-order chi connectivity index (χ0) is 17.1. The van der Waals surface area contributed by atoms with Crippen LogP contribution in [0.25, 0.3) is 0 Å². The number of rotatable bonds is 3. The van der Waals surface area contributed by atoms with Gasteiger partial charge in [-0.25, -0.2) is 0 Å². The first-order valence-electron chi connectivity index (χ1n) is 7.71. The van der Waals surface area contributed by atoms with Gasteiger partial charge in [-0.1, -0.05) is 15.9 Å². The summed E-state index contributed by atoms with van der Waals surface area (Å²) < 4.78 is 1.74. The molecule has 1 fully saturated rings. The number of nitrogens with one attached hydrogen (secondary N) is 1. The first-order chi connectivity index (χ1) is 11.5. The van der Waals surface area contributed by atoms with E-state index >= 15 is 0 Å². The second kappa shape index (κ2) is 7.49. The number of piperidine rings is 1. The number of nitrogens with zero attached hydrogens (tertiary/aromatic N) is 1. The Labute approximate surface area is 157 Å². The Balaban J connectivity index is 1.73. The van der Waals surface area contributed by atoms with Crippen LogP contribution >= 0.6 is 31.9 Å². The van der Waals surface area contributed by atoms with E-state index in [0.29, 0.717) is 17.7 Å². The molecule has 0 atom stereocenters. The third-order valence-corrected chi connectivity index (χ3v) is 5.09. The van der Waals surface area contributed by atoms with Gasteiger partial charge in [-0.15, -0.1) is 0 Å². The van der Waals surface area contributed by atoms with Crippen molar-refractivity contribution in [1.29, 1.82) is 0 Å². The molecule has 0 spiro atoms. The number of carbonyl (C=O) groups excluding carboxylic acids is 2. The lowest BCUT2D eigenvalue weighted by Crippen LogP contribution is -2.35. The van der Waals surface area contributed by atoms with Crippen molar-refractivity contribution in [1.82, 2.24) is 0 Å². The molecule has 6 heteroatoms. The lowest BCUT2D eigenvalue weighted by molar-refractivity contribution is -0.119. The molecule has 124 valence electrons. The standard InChI is InChI=1S/C18H16Br2N2O2/c19-13-6-9-16(15(20)11-13)21-18(24)12-4-7-14(8-5-12)22-10-2-1-3-17(22)23/h4-9,11H,1-3,10H2,(H,21,24). The van der Waals surface area contributed by atoms with Gasteiger partial charge in [0.15, 0.2) is 0 Å². The van der Waals surface area contributed by atoms with Crippen LogP contribution in [0.2, 0.25) is 0 Å². The summed E-state index contributed by atoms with van der Waals surface area (Å²) in [5.41, 5.74) is 2.11. The maximum Gasteiger partial charge on any atom is 0.255 e. The monoisotopic (exact) mass is 450 g/mol. The van der Waals surface area contributed by atoms with Crippen molar-refractivity contribution < 1.29 is 9.59 Å². The van der Waals surface area contributed by atoms with E-state index in [1.165, 1.54) is 0 Å². The van der Waals surface area contributed by atoms with Crippen molar-refractivity contribution in [3.05, 3.63) is 57.0 Å². The van der Waals surface area contributed by atoms with Gasteiger partial charge in [0.05, 0.1) is 5.69 Å². The Morgan fingerprint density at radius 1 is 1.04 bits per heavy atom. The van der Waals surface area contributed by atoms with Crippen molar-refractivity contribution in [3.8, 4) is 0 Å². The third-order valence-electron chi connectivity index (χ3n) is 3.94. The molecule has 0 aromatic heterocycles. The first kappa shape index (κ1) is 17.2. The zero-order valence-corrected chi connectivity index (χ0v) is 16.1. The lowest BCUT2D eigenvalue weighted by atomic mass is 10.1. The van der Waals surface area contributed by atoms with Gasteiger partial charge in [0, 0.05) is 33.2 Å². The highest BCUT2D eigenvalue weighted by molar-refractivity contribution is 9.11. The summed E-state index contributed by atoms with van der Waals surface area (Å²) in [4.78, 5) is 26.1. The van der Waals surface area contributed by atoms with Gasteiger partial charge in [-0.3, -0.25) is 9.59 Å². The molecular formula is C18H16Br2N2O2. The Bertz CT molecular complexity index is 775. The lowest BCUT2D eigenvalue weighted by Gasteiger charge is -2.26. The van der Waals surface area contributed by atoms with Gasteiger partial charge >= 0.3 is 0 Å². The number of halogens is 2. The summed E-state index contributed by atoms with van der Waals surface area (Å²) in [5.74, 6) is -0.0354. The first-order valence-corrected chi connectivity index (χ1v) is 9.30. The van der Waals surface area contributed by atoms with Crippen LogP contribution in [0.1, 0.15) is 29.6 Å². The minimum Gasteiger partial charge on any atom is -0.321 e. The fraction of sp³-hybridized carbons (Fsp3) is 0.222. The highest BCUT2D eigenvalue weighted by Gasteiger charge is 2.19. The maximum atomic E-state index is 12.4. The van der Waals surface area contributed by atoms with Gasteiger partial charge in [0.1, 0.15) is 0 Å². The second-order valence-corrected chi connectivity index (χ2v) is 7.40. The minimum atomic E-state index is -0.186. The molecule has 3 rings (SSSR count). The predicted molar refractivity (Wildman–Crippen MR) is 102 cm³/mol. The zero-order valence-electron chi connectivity index (χ0n) is 12.9. The number of hydrogen-bond donors (Lipinski definition) is 1. The second-order valence-electron chi connectivity index (χ2n) is 5.63. The molecular weight excluding hydrogens is 436 g/mol. The van der Waals surface area contributed by atoms with E-state index in [1.54, 1.807) is 17.0 Å². The van der Waals surface area contributed by atoms with E-state index < -0.39 is 0 Å². The predicted octanol–water partition coefficient (Wildman–Crippen LogP) is 4.98. The number of anilines is 2. The van der Waals surface area contributed by atoms with E-state index in [0.717, 1.165) is 34.0 Å². The molecule has 2 aromatic rings. The van der Waals surface area contributed by atoms with Crippen molar-refractivity contribution in [2.75, 3.05) is 16.8 Å². The van der Waals surface area contributed by atoms with E-state index in [1.807, 2.05) is 30.3 Å². The van der Waals surface area contributed by atoms with Gasteiger partial charge in [0.2, 0.25) is 5.91 Å². The Morgan fingerprint density at radius 2 is 1.79 bits per heavy atom. The van der Waals surface area contributed by atoms with Gasteiger partial charge in [-0.05, 0) is 71.2 Å². The molecule has 24 heavy (non-hydrogen) atoms. The van der Waals surface area contributed by atoms with Crippen molar-refractivity contribution in [2.24, 2.45) is 0 Å². The molecule has 2 aromatic carbocycles. The van der Waals surface area contributed by atoms with Crippen LogP contribution in [-0.4, -0.2) is 18.4 Å². The van der Waals surface area contributed by atoms with Crippen molar-refractivity contribution in [2.45, 2.75) is 19.3 Å². The average molecular weight is 452 g/mol. The molecule has 1 aliphatic rings. The molecule has 0 aliphatic carbocycles. The van der Waals surface area contributed by atoms with Crippen LogP contribution in [0.5, 0.6) is 0 Å². The number of carbonyl (C=O) groups is 2. The quantitative estimate of drug-likeness (QED) is 0.715. The highest BCUT2D eigenvalue weighted by Crippen LogP contribution is 2.27. The molecule has 1 aliphatic heterocycles. The molecule has 4 nitrogen and oxygen atoms in total. The summed E-state index contributed by atoms with van der Waals surface area (Å²) >= 11 is 6.81. The SMILES string of the molecule is O=C(Nc1ccc(Br)cc1Br)c1ccc(N2CCCCC2=O)cc1. The molecule has 1 N–H and O–H groups in total. The van der Waals surface area contributed by atoms with E-state index in [-0.39, 0.29) is 11.8 Å². The summed E-state index contributed by atoms with van der Waals surface area (Å²) in [6, 6.07) is 12.7. The summed E-state index contributed by atoms with van der Waals surface area (Å²) in [5, 5.41) is 2.87. The fourth-order valence-electron chi connectivity index (χ4n) is 2.66. The van der Waals surface area contributed by atoms with E-state index in [9.17, 15) is 9.59 Å². The van der Waals surface area contributed by atoms with Crippen LogP contribution in [-0.2, 0) is 4.79 Å². The minimum absolute atomic E-state index is 0.150. The molecule has 0 radical (unpaired) electrons. The maximum absolute atomic E-state index is 12.4. The van der Waals surface area contributed by atoms with Gasteiger partial charge < -0.3 is 10.2 Å². The number of benzene rings is 2.